The maximum atomic E-state index is 9.25. The molecule has 0 aromatic carbocycles. The van der Waals surface area contributed by atoms with E-state index in [1.165, 1.54) is 38.5 Å². The minimum Gasteiger partial charge on any atom is -0.395 e. The zero-order chi connectivity index (χ0) is 11.6. The lowest BCUT2D eigenvalue weighted by Gasteiger charge is -2.18. The lowest BCUT2D eigenvalue weighted by atomic mass is 10.1. The summed E-state index contributed by atoms with van der Waals surface area (Å²) in [7, 11) is 0. The Hall–Kier alpha value is -0.120. The van der Waals surface area contributed by atoms with E-state index in [-0.39, 0.29) is 12.6 Å². The van der Waals surface area contributed by atoms with Crippen molar-refractivity contribution in [1.82, 2.24) is 5.32 Å². The summed E-state index contributed by atoms with van der Waals surface area (Å²) in [5.41, 5.74) is 0. The van der Waals surface area contributed by atoms with Crippen molar-refractivity contribution in [3.63, 3.8) is 0 Å². The number of aliphatic hydroxyl groups is 1. The lowest BCUT2D eigenvalue weighted by Crippen LogP contribution is -2.37. The number of hydrogen-bond donors (Lipinski definition) is 2. The van der Waals surface area contributed by atoms with Crippen LogP contribution in [0.2, 0.25) is 0 Å². The normalized spacial score (nSPS) is 22.5. The molecule has 3 nitrogen and oxygen atoms in total. The molecular formula is C13H27NO2. The standard InChI is InChI=1S/C13H27NO2/c1-2-3-4-5-7-12(11-15)14-10-13-8-6-9-16-13/h12-15H,2-11H2,1H3. The first kappa shape index (κ1) is 13.9. The highest BCUT2D eigenvalue weighted by Gasteiger charge is 2.16. The van der Waals surface area contributed by atoms with Crippen molar-refractivity contribution in [3.05, 3.63) is 0 Å². The van der Waals surface area contributed by atoms with Gasteiger partial charge in [-0.05, 0) is 19.3 Å². The topological polar surface area (TPSA) is 41.5 Å². The van der Waals surface area contributed by atoms with Crippen molar-refractivity contribution in [2.75, 3.05) is 19.8 Å². The first-order valence-electron chi connectivity index (χ1n) is 6.82. The molecule has 0 aromatic rings. The largest absolute Gasteiger partial charge is 0.395 e. The Balaban J connectivity index is 2.01. The van der Waals surface area contributed by atoms with Crippen LogP contribution in [0, 0.1) is 0 Å². The van der Waals surface area contributed by atoms with Crippen LogP contribution in [-0.4, -0.2) is 37.0 Å². The third kappa shape index (κ3) is 5.83. The smallest absolute Gasteiger partial charge is 0.0700 e. The Labute approximate surface area is 99.6 Å². The van der Waals surface area contributed by atoms with Gasteiger partial charge in [0.15, 0.2) is 0 Å². The Bertz CT molecular complexity index is 158. The molecule has 1 aliphatic rings. The van der Waals surface area contributed by atoms with Gasteiger partial charge >= 0.3 is 0 Å². The molecule has 16 heavy (non-hydrogen) atoms. The molecular weight excluding hydrogens is 202 g/mol. The monoisotopic (exact) mass is 229 g/mol. The van der Waals surface area contributed by atoms with Crippen molar-refractivity contribution in [3.8, 4) is 0 Å². The number of ether oxygens (including phenoxy) is 1. The van der Waals surface area contributed by atoms with Gasteiger partial charge in [-0.1, -0.05) is 32.6 Å². The van der Waals surface area contributed by atoms with E-state index in [2.05, 4.69) is 12.2 Å². The van der Waals surface area contributed by atoms with Gasteiger partial charge in [-0.25, -0.2) is 0 Å². The molecule has 96 valence electrons. The van der Waals surface area contributed by atoms with Crippen LogP contribution in [0.4, 0.5) is 0 Å². The quantitative estimate of drug-likeness (QED) is 0.595. The van der Waals surface area contributed by atoms with E-state index in [1.54, 1.807) is 0 Å². The Morgan fingerprint density at radius 1 is 1.38 bits per heavy atom. The predicted octanol–water partition coefficient (Wildman–Crippen LogP) is 2.09. The number of hydrogen-bond acceptors (Lipinski definition) is 3. The zero-order valence-corrected chi connectivity index (χ0v) is 10.6. The fourth-order valence-electron chi connectivity index (χ4n) is 2.18. The molecule has 0 spiro atoms. The minimum atomic E-state index is 0.249. The highest BCUT2D eigenvalue weighted by atomic mass is 16.5. The number of nitrogens with one attached hydrogen (secondary N) is 1. The van der Waals surface area contributed by atoms with Gasteiger partial charge in [-0.15, -0.1) is 0 Å². The second kappa shape index (κ2) is 8.97. The lowest BCUT2D eigenvalue weighted by molar-refractivity contribution is 0.103. The maximum absolute atomic E-state index is 9.25. The average Bonchev–Trinajstić information content (AvgIpc) is 2.81. The van der Waals surface area contributed by atoms with Crippen molar-refractivity contribution < 1.29 is 9.84 Å². The summed E-state index contributed by atoms with van der Waals surface area (Å²) in [6.45, 7) is 4.28. The van der Waals surface area contributed by atoms with E-state index in [4.69, 9.17) is 4.74 Å². The highest BCUT2D eigenvalue weighted by Crippen LogP contribution is 2.11. The van der Waals surface area contributed by atoms with E-state index in [1.807, 2.05) is 0 Å². The molecule has 0 aliphatic carbocycles. The third-order valence-corrected chi connectivity index (χ3v) is 3.28. The third-order valence-electron chi connectivity index (χ3n) is 3.28. The first-order valence-corrected chi connectivity index (χ1v) is 6.82. The molecule has 1 heterocycles. The molecule has 2 atom stereocenters. The van der Waals surface area contributed by atoms with Gasteiger partial charge < -0.3 is 15.2 Å². The van der Waals surface area contributed by atoms with Gasteiger partial charge in [0, 0.05) is 19.2 Å². The molecule has 1 saturated heterocycles. The fourth-order valence-corrected chi connectivity index (χ4v) is 2.18. The summed E-state index contributed by atoms with van der Waals surface area (Å²) in [6, 6.07) is 0.265. The number of aliphatic hydroxyl groups excluding tert-OH is 1. The van der Waals surface area contributed by atoms with Gasteiger partial charge in [0.25, 0.3) is 0 Å². The van der Waals surface area contributed by atoms with E-state index >= 15 is 0 Å². The second-order valence-electron chi connectivity index (χ2n) is 4.77. The van der Waals surface area contributed by atoms with Crippen molar-refractivity contribution in [2.24, 2.45) is 0 Å². The summed E-state index contributed by atoms with van der Waals surface area (Å²) < 4.78 is 5.55. The van der Waals surface area contributed by atoms with Crippen LogP contribution in [0.1, 0.15) is 51.9 Å². The van der Waals surface area contributed by atoms with E-state index in [9.17, 15) is 5.11 Å². The number of rotatable bonds is 9. The molecule has 0 bridgehead atoms. The zero-order valence-electron chi connectivity index (χ0n) is 10.6. The van der Waals surface area contributed by atoms with Crippen LogP contribution >= 0.6 is 0 Å². The summed E-state index contributed by atoms with van der Waals surface area (Å²) in [6.07, 6.45) is 8.91. The summed E-state index contributed by atoms with van der Waals surface area (Å²) in [5.74, 6) is 0. The van der Waals surface area contributed by atoms with Crippen molar-refractivity contribution in [1.29, 1.82) is 0 Å². The summed E-state index contributed by atoms with van der Waals surface area (Å²) in [5, 5.41) is 12.7. The molecule has 1 aliphatic heterocycles. The molecule has 0 aromatic heterocycles. The van der Waals surface area contributed by atoms with Gasteiger partial charge in [0.2, 0.25) is 0 Å². The molecule has 0 saturated carbocycles. The molecule has 2 unspecified atom stereocenters. The van der Waals surface area contributed by atoms with Crippen molar-refractivity contribution in [2.45, 2.75) is 64.0 Å². The molecule has 0 radical (unpaired) electrons. The summed E-state index contributed by atoms with van der Waals surface area (Å²) in [4.78, 5) is 0. The first-order chi connectivity index (χ1) is 7.86. The molecule has 2 N–H and O–H groups in total. The van der Waals surface area contributed by atoms with E-state index in [0.29, 0.717) is 6.10 Å². The van der Waals surface area contributed by atoms with Crippen LogP contribution in [0.5, 0.6) is 0 Å². The van der Waals surface area contributed by atoms with Crippen LogP contribution < -0.4 is 5.32 Å². The van der Waals surface area contributed by atoms with Crippen LogP contribution in [0.3, 0.4) is 0 Å². The molecule has 1 fully saturated rings. The predicted molar refractivity (Wildman–Crippen MR) is 66.6 cm³/mol. The Morgan fingerprint density at radius 2 is 2.25 bits per heavy atom. The van der Waals surface area contributed by atoms with E-state index < -0.39 is 0 Å². The van der Waals surface area contributed by atoms with Crippen LogP contribution in [0.15, 0.2) is 0 Å². The van der Waals surface area contributed by atoms with Gasteiger partial charge in [-0.2, -0.15) is 0 Å². The fraction of sp³-hybridized carbons (Fsp3) is 1.00. The van der Waals surface area contributed by atoms with Gasteiger partial charge in [0.1, 0.15) is 0 Å². The van der Waals surface area contributed by atoms with Crippen molar-refractivity contribution >= 4 is 0 Å². The Kier molecular flexibility index (Phi) is 7.81. The molecule has 1 rings (SSSR count). The second-order valence-corrected chi connectivity index (χ2v) is 4.77. The van der Waals surface area contributed by atoms with Gasteiger partial charge in [-0.3, -0.25) is 0 Å². The number of unbranched alkanes of at least 4 members (excludes halogenated alkanes) is 3. The molecule has 0 amide bonds. The highest BCUT2D eigenvalue weighted by molar-refractivity contribution is 4.72. The summed E-state index contributed by atoms with van der Waals surface area (Å²) >= 11 is 0. The molecule has 3 heteroatoms. The average molecular weight is 229 g/mol. The van der Waals surface area contributed by atoms with Crippen LogP contribution in [0.25, 0.3) is 0 Å². The maximum Gasteiger partial charge on any atom is 0.0700 e. The van der Waals surface area contributed by atoms with Gasteiger partial charge in [0.05, 0.1) is 12.7 Å². The SMILES string of the molecule is CCCCCCC(CO)NCC1CCCO1. The minimum absolute atomic E-state index is 0.249. The van der Waals surface area contributed by atoms with Crippen LogP contribution in [-0.2, 0) is 4.74 Å². The van der Waals surface area contributed by atoms with E-state index in [0.717, 1.165) is 19.6 Å². The Morgan fingerprint density at radius 3 is 2.88 bits per heavy atom.